The van der Waals surface area contributed by atoms with Gasteiger partial charge >= 0.3 is 0 Å². The molecule has 0 bridgehead atoms. The Labute approximate surface area is 66.4 Å². The minimum atomic E-state index is -0.520. The normalized spacial score (nSPS) is 19.5. The van der Waals surface area contributed by atoms with Crippen molar-refractivity contribution in [3.8, 4) is 0 Å². The highest BCUT2D eigenvalue weighted by Crippen LogP contribution is 2.25. The molecule has 1 unspecified atom stereocenters. The summed E-state index contributed by atoms with van der Waals surface area (Å²) >= 11 is 0. The standard InChI is InChI=1S/C7H5N3S/c8-10-11-5-9-6-3-1-2-4-7(6)11/h1-5H. The number of fused-ring (bicyclic) bond motifs is 1. The molecule has 0 aromatic heterocycles. The van der Waals surface area contributed by atoms with E-state index in [1.807, 2.05) is 24.3 Å². The third-order valence-electron chi connectivity index (χ3n) is 1.47. The summed E-state index contributed by atoms with van der Waals surface area (Å²) in [6.45, 7) is 0. The Balaban J connectivity index is 2.72. The Kier molecular flexibility index (Phi) is 1.42. The van der Waals surface area contributed by atoms with Crippen LogP contribution in [0.3, 0.4) is 0 Å². The second kappa shape index (κ2) is 2.42. The van der Waals surface area contributed by atoms with Crippen molar-refractivity contribution >= 4 is 21.9 Å². The van der Waals surface area contributed by atoms with E-state index in [2.05, 4.69) is 9.15 Å². The van der Waals surface area contributed by atoms with Gasteiger partial charge in [-0.2, -0.15) is 0 Å². The smallest absolute Gasteiger partial charge is 0.236 e. The predicted octanol–water partition coefficient (Wildman–Crippen LogP) is 1.61. The van der Waals surface area contributed by atoms with Crippen LogP contribution in [0.1, 0.15) is 0 Å². The summed E-state index contributed by atoms with van der Waals surface area (Å²) in [5.74, 6) is 0. The molecule has 0 aliphatic carbocycles. The lowest BCUT2D eigenvalue weighted by Gasteiger charge is -1.88. The van der Waals surface area contributed by atoms with Crippen LogP contribution in [-0.4, -0.2) is 5.55 Å². The van der Waals surface area contributed by atoms with Crippen LogP contribution in [0.4, 0.5) is 5.69 Å². The topological polar surface area (TPSA) is 48.8 Å². The van der Waals surface area contributed by atoms with E-state index >= 15 is 0 Å². The Bertz CT molecular complexity index is 377. The van der Waals surface area contributed by atoms with Crippen LogP contribution < -0.4 is 4.16 Å². The maximum Gasteiger partial charge on any atom is 0.236 e. The summed E-state index contributed by atoms with van der Waals surface area (Å²) in [5.41, 5.74) is 11.1. The quantitative estimate of drug-likeness (QED) is 0.412. The molecule has 54 valence electrons. The molecule has 0 spiro atoms. The van der Waals surface area contributed by atoms with E-state index in [0.717, 1.165) is 10.6 Å². The van der Waals surface area contributed by atoms with Crippen LogP contribution >= 0.6 is 0 Å². The Hall–Kier alpha value is -1.25. The van der Waals surface area contributed by atoms with Gasteiger partial charge in [0.1, 0.15) is 10.4 Å². The molecule has 0 N–H and O–H groups in total. The van der Waals surface area contributed by atoms with E-state index in [-0.39, 0.29) is 0 Å². The molecule has 0 saturated carbocycles. The van der Waals surface area contributed by atoms with Gasteiger partial charge in [-0.05, 0) is 12.1 Å². The Morgan fingerprint density at radius 3 is 3.00 bits per heavy atom. The third-order valence-corrected chi connectivity index (χ3v) is 2.75. The molecular formula is C7H5N3S. The molecule has 1 aliphatic rings. The maximum atomic E-state index is 8.56. The fourth-order valence-corrected chi connectivity index (χ4v) is 1.98. The van der Waals surface area contributed by atoms with Crippen molar-refractivity contribution in [3.63, 3.8) is 0 Å². The molecule has 0 fully saturated rings. The van der Waals surface area contributed by atoms with E-state index < -0.39 is 10.7 Å². The molecule has 3 nitrogen and oxygen atoms in total. The summed E-state index contributed by atoms with van der Waals surface area (Å²) in [7, 11) is -0.520. The summed E-state index contributed by atoms with van der Waals surface area (Å²) in [5, 5.41) is 0. The Morgan fingerprint density at radius 2 is 2.18 bits per heavy atom. The average Bonchev–Trinajstić information content (AvgIpc) is 2.47. The van der Waals surface area contributed by atoms with Gasteiger partial charge in [-0.1, -0.05) is 12.1 Å². The van der Waals surface area contributed by atoms with Gasteiger partial charge in [0.2, 0.25) is 10.7 Å². The van der Waals surface area contributed by atoms with Crippen LogP contribution in [0.25, 0.3) is 5.53 Å². The zero-order chi connectivity index (χ0) is 7.68. The number of hydrogen-bond acceptors (Lipinski definition) is 1. The van der Waals surface area contributed by atoms with E-state index in [1.165, 1.54) is 0 Å². The number of benzene rings is 1. The van der Waals surface area contributed by atoms with Crippen molar-refractivity contribution in [2.45, 2.75) is 4.90 Å². The van der Waals surface area contributed by atoms with Crippen molar-refractivity contribution in [1.82, 2.24) is 4.16 Å². The highest BCUT2D eigenvalue weighted by molar-refractivity contribution is 8.00. The fraction of sp³-hybridized carbons (Fsp3) is 0. The van der Waals surface area contributed by atoms with Crippen molar-refractivity contribution in [2.24, 2.45) is 4.99 Å². The van der Waals surface area contributed by atoms with Crippen LogP contribution in [-0.2, 0) is 10.7 Å². The predicted molar refractivity (Wildman–Crippen MR) is 45.7 cm³/mol. The summed E-state index contributed by atoms with van der Waals surface area (Å²) in [4.78, 5) is 5.08. The van der Waals surface area contributed by atoms with Crippen LogP contribution in [0.2, 0.25) is 0 Å². The zero-order valence-corrected chi connectivity index (χ0v) is 6.45. The first kappa shape index (κ1) is 6.46. The van der Waals surface area contributed by atoms with E-state index in [0.29, 0.717) is 0 Å². The number of hydrogen-bond donors (Lipinski definition) is 0. The molecule has 1 heterocycles. The molecule has 1 aliphatic heterocycles. The van der Waals surface area contributed by atoms with Gasteiger partial charge in [0.25, 0.3) is 0 Å². The second-order valence-corrected chi connectivity index (χ2v) is 3.54. The summed E-state index contributed by atoms with van der Waals surface area (Å²) in [6, 6.07) is 7.66. The third kappa shape index (κ3) is 0.926. The number of rotatable bonds is 0. The number of aliphatic imine (C=N–C) groups is 1. The molecule has 0 radical (unpaired) electrons. The first-order chi connectivity index (χ1) is 5.42. The van der Waals surface area contributed by atoms with Crippen molar-refractivity contribution in [3.05, 3.63) is 29.8 Å². The summed E-state index contributed by atoms with van der Waals surface area (Å²) in [6.07, 6.45) is 0. The molecule has 1 aromatic carbocycles. The van der Waals surface area contributed by atoms with Gasteiger partial charge < -0.3 is 5.53 Å². The van der Waals surface area contributed by atoms with Crippen molar-refractivity contribution in [2.75, 3.05) is 0 Å². The van der Waals surface area contributed by atoms with Crippen molar-refractivity contribution < 1.29 is 0 Å². The molecule has 4 heteroatoms. The van der Waals surface area contributed by atoms with Crippen LogP contribution in [0.5, 0.6) is 0 Å². The maximum absolute atomic E-state index is 8.56. The van der Waals surface area contributed by atoms with E-state index in [9.17, 15) is 0 Å². The fourth-order valence-electron chi connectivity index (χ4n) is 0.969. The molecule has 11 heavy (non-hydrogen) atoms. The molecule has 1 aromatic rings. The van der Waals surface area contributed by atoms with Gasteiger partial charge in [0, 0.05) is 0 Å². The van der Waals surface area contributed by atoms with Gasteiger partial charge in [-0.25, -0.2) is 4.99 Å². The molecule has 1 atom stereocenters. The minimum absolute atomic E-state index is 0.520. The van der Waals surface area contributed by atoms with Gasteiger partial charge in [-0.3, -0.25) is 0 Å². The van der Waals surface area contributed by atoms with Gasteiger partial charge in [-0.15, -0.1) is 4.16 Å². The number of para-hydroxylation sites is 1. The number of nitrogens with zero attached hydrogens (tertiary/aromatic N) is 3. The first-order valence-corrected chi connectivity index (χ1v) is 4.38. The highest BCUT2D eigenvalue weighted by Gasteiger charge is 2.16. The first-order valence-electron chi connectivity index (χ1n) is 3.13. The SMILES string of the molecule is [N-]=[N+]=S1C=Nc2ccccc21. The lowest BCUT2D eigenvalue weighted by molar-refractivity contribution is 1.40. The van der Waals surface area contributed by atoms with Crippen molar-refractivity contribution in [1.29, 1.82) is 0 Å². The monoisotopic (exact) mass is 163 g/mol. The molecular weight excluding hydrogens is 158 g/mol. The van der Waals surface area contributed by atoms with Gasteiger partial charge in [0.05, 0.1) is 5.69 Å². The van der Waals surface area contributed by atoms with E-state index in [4.69, 9.17) is 5.53 Å². The average molecular weight is 163 g/mol. The van der Waals surface area contributed by atoms with Gasteiger partial charge in [0.15, 0.2) is 0 Å². The van der Waals surface area contributed by atoms with Crippen LogP contribution in [0.15, 0.2) is 34.2 Å². The molecule has 2 rings (SSSR count). The Morgan fingerprint density at radius 1 is 1.36 bits per heavy atom. The molecule has 0 saturated heterocycles. The van der Waals surface area contributed by atoms with Crippen LogP contribution in [0, 0.1) is 0 Å². The minimum Gasteiger partial charge on any atom is -0.350 e. The second-order valence-electron chi connectivity index (χ2n) is 2.10. The molecule has 0 amide bonds. The lowest BCUT2D eigenvalue weighted by atomic mass is 10.3. The zero-order valence-electron chi connectivity index (χ0n) is 5.64. The van der Waals surface area contributed by atoms with E-state index in [1.54, 1.807) is 5.55 Å². The lowest BCUT2D eigenvalue weighted by Crippen LogP contribution is -1.87. The highest BCUT2D eigenvalue weighted by atomic mass is 32.2. The summed E-state index contributed by atoms with van der Waals surface area (Å²) < 4.78 is 3.21. The largest absolute Gasteiger partial charge is 0.350 e.